The number of rotatable bonds is 1. The summed E-state index contributed by atoms with van der Waals surface area (Å²) < 4.78 is 1.13. The number of anilines is 1. The van der Waals surface area contributed by atoms with Gasteiger partial charge in [0.05, 0.1) is 15.8 Å². The zero-order chi connectivity index (χ0) is 13.5. The molecule has 96 valence electrons. The van der Waals surface area contributed by atoms with E-state index in [0.29, 0.717) is 5.57 Å². The molecular formula is C16H10N2OS. The van der Waals surface area contributed by atoms with E-state index in [9.17, 15) is 4.79 Å². The molecular weight excluding hydrogens is 268 g/mol. The molecule has 3 nitrogen and oxygen atoms in total. The number of thiazole rings is 1. The minimum Gasteiger partial charge on any atom is -0.321 e. The molecule has 4 heteroatoms. The Kier molecular flexibility index (Phi) is 2.44. The first-order valence-electron chi connectivity index (χ1n) is 6.29. The molecule has 0 saturated heterocycles. The van der Waals surface area contributed by atoms with Crippen LogP contribution in [0.5, 0.6) is 0 Å². The lowest BCUT2D eigenvalue weighted by atomic mass is 10.1. The third-order valence-corrected chi connectivity index (χ3v) is 4.27. The summed E-state index contributed by atoms with van der Waals surface area (Å²) in [6, 6.07) is 15.7. The van der Waals surface area contributed by atoms with Gasteiger partial charge in [-0.3, -0.25) is 4.79 Å². The number of carbonyl (C=O) groups excluding carboxylic acids is 1. The first-order chi connectivity index (χ1) is 9.81. The van der Waals surface area contributed by atoms with Gasteiger partial charge in [0.2, 0.25) is 0 Å². The molecule has 0 saturated carbocycles. The molecule has 0 fully saturated rings. The third kappa shape index (κ3) is 1.73. The van der Waals surface area contributed by atoms with Gasteiger partial charge in [-0.05, 0) is 24.3 Å². The maximum absolute atomic E-state index is 12.0. The van der Waals surface area contributed by atoms with E-state index in [0.717, 1.165) is 26.5 Å². The van der Waals surface area contributed by atoms with E-state index in [-0.39, 0.29) is 5.91 Å². The minimum absolute atomic E-state index is 0.0644. The Labute approximate surface area is 119 Å². The van der Waals surface area contributed by atoms with Crippen molar-refractivity contribution in [3.63, 3.8) is 0 Å². The fourth-order valence-electron chi connectivity index (χ4n) is 2.36. The van der Waals surface area contributed by atoms with Crippen LogP contribution in [0.1, 0.15) is 10.6 Å². The number of carbonyl (C=O) groups is 1. The lowest BCUT2D eigenvalue weighted by molar-refractivity contribution is -0.110. The van der Waals surface area contributed by atoms with Gasteiger partial charge in [-0.25, -0.2) is 4.98 Å². The monoisotopic (exact) mass is 278 g/mol. The van der Waals surface area contributed by atoms with Crippen molar-refractivity contribution in [1.29, 1.82) is 0 Å². The molecule has 0 radical (unpaired) electrons. The summed E-state index contributed by atoms with van der Waals surface area (Å²) in [6.07, 6.45) is 1.87. The molecule has 0 aliphatic carbocycles. The zero-order valence-electron chi connectivity index (χ0n) is 10.5. The molecule has 1 amide bonds. The van der Waals surface area contributed by atoms with E-state index < -0.39 is 0 Å². The van der Waals surface area contributed by atoms with Crippen molar-refractivity contribution in [2.45, 2.75) is 0 Å². The predicted octanol–water partition coefficient (Wildman–Crippen LogP) is 3.79. The van der Waals surface area contributed by atoms with Gasteiger partial charge >= 0.3 is 0 Å². The summed E-state index contributed by atoms with van der Waals surface area (Å²) in [6.45, 7) is 0. The van der Waals surface area contributed by atoms with E-state index in [1.54, 1.807) is 11.3 Å². The average molecular weight is 278 g/mol. The van der Waals surface area contributed by atoms with Gasteiger partial charge < -0.3 is 5.32 Å². The van der Waals surface area contributed by atoms with Crippen LogP contribution in [-0.4, -0.2) is 10.9 Å². The summed E-state index contributed by atoms with van der Waals surface area (Å²) in [7, 11) is 0. The smallest absolute Gasteiger partial charge is 0.256 e. The highest BCUT2D eigenvalue weighted by atomic mass is 32.1. The number of fused-ring (bicyclic) bond motifs is 2. The first-order valence-corrected chi connectivity index (χ1v) is 7.11. The molecule has 0 atom stereocenters. The highest BCUT2D eigenvalue weighted by Gasteiger charge is 2.23. The van der Waals surface area contributed by atoms with Gasteiger partial charge in [0, 0.05) is 11.3 Å². The molecule has 1 aliphatic rings. The van der Waals surface area contributed by atoms with E-state index >= 15 is 0 Å². The quantitative estimate of drug-likeness (QED) is 0.688. The number of hydrogen-bond acceptors (Lipinski definition) is 3. The standard InChI is InChI=1S/C16H10N2OS/c19-16-11(10-5-1-2-6-12(10)18-16)9-15-17-13-7-3-4-8-14(13)20-15/h1-9H,(H,18,19). The lowest BCUT2D eigenvalue weighted by Crippen LogP contribution is -2.03. The molecule has 3 aromatic rings. The van der Waals surface area contributed by atoms with E-state index in [2.05, 4.69) is 10.3 Å². The number of para-hydroxylation sites is 2. The van der Waals surface area contributed by atoms with Crippen LogP contribution in [0.2, 0.25) is 0 Å². The SMILES string of the molecule is O=C1Nc2ccccc2C1=Cc1nc2ccccc2s1. The van der Waals surface area contributed by atoms with Crippen molar-refractivity contribution in [1.82, 2.24) is 4.98 Å². The van der Waals surface area contributed by atoms with Crippen molar-refractivity contribution in [2.75, 3.05) is 5.32 Å². The molecule has 0 bridgehead atoms. The van der Waals surface area contributed by atoms with Crippen molar-refractivity contribution in [3.8, 4) is 0 Å². The van der Waals surface area contributed by atoms with Gasteiger partial charge in [0.15, 0.2) is 0 Å². The number of aromatic nitrogens is 1. The normalized spacial score (nSPS) is 15.6. The molecule has 2 heterocycles. The Hall–Kier alpha value is -2.46. The van der Waals surface area contributed by atoms with Gasteiger partial charge in [0.25, 0.3) is 5.91 Å². The predicted molar refractivity (Wildman–Crippen MR) is 82.6 cm³/mol. The van der Waals surface area contributed by atoms with Crippen LogP contribution in [0.3, 0.4) is 0 Å². The van der Waals surface area contributed by atoms with Crippen molar-refractivity contribution < 1.29 is 4.79 Å². The molecule has 4 rings (SSSR count). The Morgan fingerprint density at radius 2 is 1.85 bits per heavy atom. The second-order valence-electron chi connectivity index (χ2n) is 4.58. The van der Waals surface area contributed by atoms with Crippen LogP contribution < -0.4 is 5.32 Å². The fraction of sp³-hybridized carbons (Fsp3) is 0. The minimum atomic E-state index is -0.0644. The van der Waals surface area contributed by atoms with E-state index in [4.69, 9.17) is 0 Å². The number of hydrogen-bond donors (Lipinski definition) is 1. The third-order valence-electron chi connectivity index (χ3n) is 3.29. The Morgan fingerprint density at radius 1 is 1.05 bits per heavy atom. The topological polar surface area (TPSA) is 42.0 Å². The van der Waals surface area contributed by atoms with Crippen molar-refractivity contribution in [2.24, 2.45) is 0 Å². The maximum Gasteiger partial charge on any atom is 0.256 e. The average Bonchev–Trinajstić information content (AvgIpc) is 3.00. The molecule has 2 aromatic carbocycles. The van der Waals surface area contributed by atoms with Crippen molar-refractivity contribution in [3.05, 3.63) is 59.1 Å². The summed E-state index contributed by atoms with van der Waals surface area (Å²) in [5.74, 6) is -0.0644. The van der Waals surface area contributed by atoms with Crippen LogP contribution in [0.25, 0.3) is 21.9 Å². The largest absolute Gasteiger partial charge is 0.321 e. The summed E-state index contributed by atoms with van der Waals surface area (Å²) >= 11 is 1.59. The van der Waals surface area contributed by atoms with Gasteiger partial charge in [-0.2, -0.15) is 0 Å². The highest BCUT2D eigenvalue weighted by Crippen LogP contribution is 2.34. The summed E-state index contributed by atoms with van der Waals surface area (Å²) in [4.78, 5) is 16.6. The Bertz CT molecular complexity index is 831. The zero-order valence-corrected chi connectivity index (χ0v) is 11.3. The number of amides is 1. The van der Waals surface area contributed by atoms with E-state index in [1.807, 2.05) is 54.6 Å². The van der Waals surface area contributed by atoms with Gasteiger partial charge in [-0.1, -0.05) is 30.3 Å². The number of nitrogens with one attached hydrogen (secondary N) is 1. The molecule has 0 spiro atoms. The van der Waals surface area contributed by atoms with Gasteiger partial charge in [0.1, 0.15) is 5.01 Å². The Balaban J connectivity index is 1.85. The highest BCUT2D eigenvalue weighted by molar-refractivity contribution is 7.19. The molecule has 1 N–H and O–H groups in total. The van der Waals surface area contributed by atoms with Crippen LogP contribution in [0.4, 0.5) is 5.69 Å². The first kappa shape index (κ1) is 11.4. The maximum atomic E-state index is 12.0. The second-order valence-corrected chi connectivity index (χ2v) is 5.64. The second kappa shape index (κ2) is 4.28. The van der Waals surface area contributed by atoms with Gasteiger partial charge in [-0.15, -0.1) is 11.3 Å². The number of nitrogens with zero attached hydrogens (tertiary/aromatic N) is 1. The van der Waals surface area contributed by atoms with Crippen LogP contribution in [0.15, 0.2) is 48.5 Å². The molecule has 0 unspecified atom stereocenters. The van der Waals surface area contributed by atoms with Crippen LogP contribution in [0, 0.1) is 0 Å². The number of benzene rings is 2. The summed E-state index contributed by atoms with van der Waals surface area (Å²) in [5.41, 5.74) is 3.46. The molecule has 1 aliphatic heterocycles. The lowest BCUT2D eigenvalue weighted by Gasteiger charge is -1.95. The Morgan fingerprint density at radius 3 is 2.75 bits per heavy atom. The molecule has 1 aromatic heterocycles. The van der Waals surface area contributed by atoms with Crippen LogP contribution >= 0.6 is 11.3 Å². The van der Waals surface area contributed by atoms with Crippen LogP contribution in [-0.2, 0) is 4.79 Å². The van der Waals surface area contributed by atoms with Crippen molar-refractivity contribution >= 4 is 44.8 Å². The fourth-order valence-corrected chi connectivity index (χ4v) is 3.27. The molecule has 20 heavy (non-hydrogen) atoms. The van der Waals surface area contributed by atoms with E-state index in [1.165, 1.54) is 0 Å². The summed E-state index contributed by atoms with van der Waals surface area (Å²) in [5, 5.41) is 3.73.